The van der Waals surface area contributed by atoms with Crippen molar-refractivity contribution in [3.63, 3.8) is 0 Å². The summed E-state index contributed by atoms with van der Waals surface area (Å²) in [4.78, 5) is 30.9. The monoisotopic (exact) mass is 793 g/mol. The molecular formula is C55H35N7. The molecule has 7 heteroatoms. The summed E-state index contributed by atoms with van der Waals surface area (Å²) >= 11 is 0. The van der Waals surface area contributed by atoms with E-state index >= 15 is 0 Å². The second-order valence-corrected chi connectivity index (χ2v) is 14.7. The van der Waals surface area contributed by atoms with Crippen molar-refractivity contribution in [3.8, 4) is 108 Å². The van der Waals surface area contributed by atoms with Crippen molar-refractivity contribution in [2.45, 2.75) is 0 Å². The van der Waals surface area contributed by atoms with Gasteiger partial charge in [-0.2, -0.15) is 5.26 Å². The van der Waals surface area contributed by atoms with E-state index in [2.05, 4.69) is 54.6 Å². The molecule has 0 aliphatic carbocycles. The molecule has 290 valence electrons. The van der Waals surface area contributed by atoms with E-state index in [-0.39, 0.29) is 0 Å². The summed E-state index contributed by atoms with van der Waals surface area (Å²) in [6.45, 7) is 0. The molecule has 8 aromatic carbocycles. The van der Waals surface area contributed by atoms with Crippen LogP contribution in [0.4, 0.5) is 0 Å². The number of nitriles is 1. The number of benzene rings is 8. The fourth-order valence-electron chi connectivity index (χ4n) is 7.51. The first-order valence-electron chi connectivity index (χ1n) is 20.3. The molecule has 62 heavy (non-hydrogen) atoms. The van der Waals surface area contributed by atoms with Crippen molar-refractivity contribution in [2.24, 2.45) is 0 Å². The van der Waals surface area contributed by atoms with Gasteiger partial charge in [-0.15, -0.1) is 0 Å². The minimum atomic E-state index is 0.516. The number of hydrogen-bond acceptors (Lipinski definition) is 7. The Labute approximate surface area is 359 Å². The van der Waals surface area contributed by atoms with E-state index in [0.29, 0.717) is 40.5 Å². The Morgan fingerprint density at radius 1 is 0.242 bits per heavy atom. The average Bonchev–Trinajstić information content (AvgIpc) is 3.37. The van der Waals surface area contributed by atoms with E-state index in [1.807, 2.05) is 164 Å². The predicted molar refractivity (Wildman–Crippen MR) is 247 cm³/mol. The molecule has 0 saturated heterocycles. The maximum atomic E-state index is 9.61. The number of aromatic nitrogens is 6. The summed E-state index contributed by atoms with van der Waals surface area (Å²) in [5.41, 5.74) is 11.4. The number of hydrogen-bond donors (Lipinski definition) is 0. The molecule has 0 saturated carbocycles. The molecule has 0 aliphatic heterocycles. The van der Waals surface area contributed by atoms with E-state index in [0.717, 1.165) is 66.8 Å². The van der Waals surface area contributed by atoms with Gasteiger partial charge in [-0.05, 0) is 63.7 Å². The summed E-state index contributed by atoms with van der Waals surface area (Å²) < 4.78 is 0. The Balaban J connectivity index is 1.27. The van der Waals surface area contributed by atoms with Crippen LogP contribution in [0.1, 0.15) is 5.56 Å². The third kappa shape index (κ3) is 7.75. The first-order chi connectivity index (χ1) is 30.7. The summed E-state index contributed by atoms with van der Waals surface area (Å²) in [6, 6.07) is 73.0. The van der Waals surface area contributed by atoms with E-state index in [1.165, 1.54) is 0 Å². The Bertz CT molecular complexity index is 3090. The maximum absolute atomic E-state index is 9.61. The lowest BCUT2D eigenvalue weighted by molar-refractivity contribution is 1.07. The fraction of sp³-hybridized carbons (Fsp3) is 0. The highest BCUT2D eigenvalue weighted by Gasteiger charge is 2.22. The van der Waals surface area contributed by atoms with Gasteiger partial charge in [0.1, 0.15) is 0 Å². The molecule has 7 nitrogen and oxygen atoms in total. The molecule has 0 radical (unpaired) electrons. The molecular weight excluding hydrogens is 759 g/mol. The normalized spacial score (nSPS) is 10.9. The zero-order valence-electron chi connectivity index (χ0n) is 33.3. The highest BCUT2D eigenvalue weighted by atomic mass is 15.0. The molecule has 2 aromatic heterocycles. The standard InChI is InChI=1S/C55H35N7/c56-36-37-26-28-39(29-27-37)44-31-33-47(54-59-50(40-18-8-2-9-19-40)57-51(60-54)41-20-10-3-11-21-41)48(34-44)46-32-30-45(38-16-6-1-7-17-38)35-49(46)55-61-52(42-22-12-4-13-23-42)58-53(62-55)43-24-14-5-15-25-43/h1-35H. The van der Waals surface area contributed by atoms with Gasteiger partial charge in [-0.1, -0.05) is 182 Å². The van der Waals surface area contributed by atoms with Crippen LogP contribution in [0, 0.1) is 11.3 Å². The Morgan fingerprint density at radius 2 is 0.548 bits per heavy atom. The van der Waals surface area contributed by atoms with E-state index in [4.69, 9.17) is 29.9 Å². The molecule has 0 amide bonds. The van der Waals surface area contributed by atoms with Crippen LogP contribution in [0.3, 0.4) is 0 Å². The second kappa shape index (κ2) is 16.9. The molecule has 10 aromatic rings. The molecule has 0 bridgehead atoms. The van der Waals surface area contributed by atoms with Crippen molar-refractivity contribution in [1.29, 1.82) is 5.26 Å². The minimum Gasteiger partial charge on any atom is -0.208 e. The third-order valence-electron chi connectivity index (χ3n) is 10.7. The van der Waals surface area contributed by atoms with Gasteiger partial charge in [-0.25, -0.2) is 29.9 Å². The zero-order valence-corrected chi connectivity index (χ0v) is 33.3. The zero-order chi connectivity index (χ0) is 41.7. The van der Waals surface area contributed by atoms with E-state index < -0.39 is 0 Å². The Hall–Kier alpha value is -8.73. The SMILES string of the molecule is N#Cc1ccc(-c2ccc(-c3nc(-c4ccccc4)nc(-c4ccccc4)n3)c(-c3ccc(-c4ccccc4)cc3-c3nc(-c4ccccc4)nc(-c4ccccc4)n3)c2)cc1. The highest BCUT2D eigenvalue weighted by Crippen LogP contribution is 2.42. The quantitative estimate of drug-likeness (QED) is 0.143. The lowest BCUT2D eigenvalue weighted by Gasteiger charge is -2.18. The highest BCUT2D eigenvalue weighted by molar-refractivity contribution is 5.94. The lowest BCUT2D eigenvalue weighted by atomic mass is 9.89. The number of rotatable bonds is 9. The molecule has 0 spiro atoms. The van der Waals surface area contributed by atoms with Crippen molar-refractivity contribution in [1.82, 2.24) is 29.9 Å². The topological polar surface area (TPSA) is 101 Å². The molecule has 0 fully saturated rings. The average molecular weight is 794 g/mol. The van der Waals surface area contributed by atoms with Gasteiger partial charge < -0.3 is 0 Å². The maximum Gasteiger partial charge on any atom is 0.164 e. The van der Waals surface area contributed by atoms with Crippen LogP contribution >= 0.6 is 0 Å². The molecule has 0 atom stereocenters. The molecule has 10 rings (SSSR count). The predicted octanol–water partition coefficient (Wildman–Crippen LogP) is 12.9. The first kappa shape index (κ1) is 37.5. The van der Waals surface area contributed by atoms with E-state index in [1.54, 1.807) is 0 Å². The van der Waals surface area contributed by atoms with Crippen LogP contribution in [0.15, 0.2) is 212 Å². The molecule has 0 aliphatic rings. The minimum absolute atomic E-state index is 0.516. The van der Waals surface area contributed by atoms with Gasteiger partial charge in [0.2, 0.25) is 0 Å². The summed E-state index contributed by atoms with van der Waals surface area (Å²) in [6.07, 6.45) is 0. The van der Waals surface area contributed by atoms with Gasteiger partial charge in [0, 0.05) is 33.4 Å². The summed E-state index contributed by atoms with van der Waals surface area (Å²) in [7, 11) is 0. The Kier molecular flexibility index (Phi) is 10.2. The van der Waals surface area contributed by atoms with Crippen LogP contribution in [-0.4, -0.2) is 29.9 Å². The largest absolute Gasteiger partial charge is 0.208 e. The van der Waals surface area contributed by atoms with Gasteiger partial charge in [-0.3, -0.25) is 0 Å². The van der Waals surface area contributed by atoms with Crippen LogP contribution in [0.5, 0.6) is 0 Å². The Morgan fingerprint density at radius 3 is 0.952 bits per heavy atom. The van der Waals surface area contributed by atoms with Crippen LogP contribution in [0.25, 0.3) is 102 Å². The van der Waals surface area contributed by atoms with Crippen LogP contribution in [0.2, 0.25) is 0 Å². The third-order valence-corrected chi connectivity index (χ3v) is 10.7. The molecule has 0 unspecified atom stereocenters. The number of nitrogens with zero attached hydrogens (tertiary/aromatic N) is 7. The van der Waals surface area contributed by atoms with Crippen molar-refractivity contribution in [2.75, 3.05) is 0 Å². The van der Waals surface area contributed by atoms with Crippen LogP contribution < -0.4 is 0 Å². The molecule has 2 heterocycles. The van der Waals surface area contributed by atoms with Gasteiger partial charge >= 0.3 is 0 Å². The summed E-state index contributed by atoms with van der Waals surface area (Å²) in [5, 5.41) is 9.61. The lowest BCUT2D eigenvalue weighted by Crippen LogP contribution is -2.03. The van der Waals surface area contributed by atoms with Gasteiger partial charge in [0.05, 0.1) is 11.6 Å². The van der Waals surface area contributed by atoms with Crippen molar-refractivity contribution in [3.05, 3.63) is 218 Å². The van der Waals surface area contributed by atoms with Crippen molar-refractivity contribution >= 4 is 0 Å². The first-order valence-corrected chi connectivity index (χ1v) is 20.3. The smallest absolute Gasteiger partial charge is 0.164 e. The fourth-order valence-corrected chi connectivity index (χ4v) is 7.51. The van der Waals surface area contributed by atoms with Gasteiger partial charge in [0.25, 0.3) is 0 Å². The van der Waals surface area contributed by atoms with Crippen LogP contribution in [-0.2, 0) is 0 Å². The van der Waals surface area contributed by atoms with E-state index in [9.17, 15) is 5.26 Å². The van der Waals surface area contributed by atoms with Gasteiger partial charge in [0.15, 0.2) is 34.9 Å². The van der Waals surface area contributed by atoms with Crippen molar-refractivity contribution < 1.29 is 0 Å². The summed E-state index contributed by atoms with van der Waals surface area (Å²) in [5.74, 6) is 3.29. The second-order valence-electron chi connectivity index (χ2n) is 14.7. The molecule has 0 N–H and O–H groups in total.